The van der Waals surface area contributed by atoms with Crippen LogP contribution in [-0.4, -0.2) is 16.3 Å². The Morgan fingerprint density at radius 1 is 1.67 bits per heavy atom. The summed E-state index contributed by atoms with van der Waals surface area (Å²) in [6.07, 6.45) is 4.26. The SMILES string of the molecule is Cn1nccc1C1CCC[N-]1.[K+]. The van der Waals surface area contributed by atoms with Crippen LogP contribution in [0.1, 0.15) is 24.6 Å². The third kappa shape index (κ3) is 2.19. The van der Waals surface area contributed by atoms with Crippen LogP contribution in [0.15, 0.2) is 12.3 Å². The molecule has 0 saturated carbocycles. The summed E-state index contributed by atoms with van der Waals surface area (Å²) in [5.74, 6) is 0. The molecule has 1 atom stereocenters. The van der Waals surface area contributed by atoms with Crippen LogP contribution in [0, 0.1) is 0 Å². The summed E-state index contributed by atoms with van der Waals surface area (Å²) < 4.78 is 1.92. The van der Waals surface area contributed by atoms with E-state index in [9.17, 15) is 0 Å². The fourth-order valence-electron chi connectivity index (χ4n) is 1.58. The minimum Gasteiger partial charge on any atom is -0.654 e. The van der Waals surface area contributed by atoms with E-state index >= 15 is 0 Å². The number of hydrogen-bond acceptors (Lipinski definition) is 1. The van der Waals surface area contributed by atoms with Gasteiger partial charge in [0, 0.05) is 18.9 Å². The standard InChI is InChI=1S/C8H12N3.K/c1-11-8(4-6-10-11)7-3-2-5-9-7;/h4,6-7H,2-3,5H2,1H3;/q-1;+1. The van der Waals surface area contributed by atoms with Crippen LogP contribution in [0.25, 0.3) is 5.32 Å². The van der Waals surface area contributed by atoms with Crippen molar-refractivity contribution in [1.82, 2.24) is 9.78 Å². The summed E-state index contributed by atoms with van der Waals surface area (Å²) in [7, 11) is 1.98. The monoisotopic (exact) mass is 189 g/mol. The maximum atomic E-state index is 4.48. The number of rotatable bonds is 1. The van der Waals surface area contributed by atoms with E-state index in [-0.39, 0.29) is 51.4 Å². The van der Waals surface area contributed by atoms with Crippen LogP contribution in [0.2, 0.25) is 0 Å². The van der Waals surface area contributed by atoms with Gasteiger partial charge in [-0.3, -0.25) is 4.68 Å². The first kappa shape index (κ1) is 10.9. The molecule has 1 aromatic heterocycles. The minimum atomic E-state index is 0. The Kier molecular flexibility index (Phi) is 4.43. The Labute approximate surface area is 115 Å². The van der Waals surface area contributed by atoms with Gasteiger partial charge in [0.15, 0.2) is 0 Å². The average Bonchev–Trinajstić information content (AvgIpc) is 2.55. The van der Waals surface area contributed by atoms with Crippen molar-refractivity contribution in [3.63, 3.8) is 0 Å². The van der Waals surface area contributed by atoms with Crippen molar-refractivity contribution in [2.75, 3.05) is 6.54 Å². The maximum absolute atomic E-state index is 4.48. The Bertz CT molecular complexity index is 240. The van der Waals surface area contributed by atoms with Crippen LogP contribution in [-0.2, 0) is 7.05 Å². The molecule has 0 N–H and O–H groups in total. The molecule has 60 valence electrons. The van der Waals surface area contributed by atoms with Crippen LogP contribution in [0.5, 0.6) is 0 Å². The van der Waals surface area contributed by atoms with Gasteiger partial charge >= 0.3 is 51.4 Å². The van der Waals surface area contributed by atoms with E-state index < -0.39 is 0 Å². The van der Waals surface area contributed by atoms with Crippen LogP contribution >= 0.6 is 0 Å². The predicted molar refractivity (Wildman–Crippen MR) is 43.4 cm³/mol. The molecule has 2 rings (SSSR count). The van der Waals surface area contributed by atoms with Gasteiger partial charge in [0.05, 0.1) is 0 Å². The topological polar surface area (TPSA) is 31.9 Å². The van der Waals surface area contributed by atoms with E-state index in [0.717, 1.165) is 6.54 Å². The quantitative estimate of drug-likeness (QED) is 0.502. The van der Waals surface area contributed by atoms with Crippen molar-refractivity contribution < 1.29 is 51.4 Å². The summed E-state index contributed by atoms with van der Waals surface area (Å²) in [6, 6.07) is 2.47. The van der Waals surface area contributed by atoms with Gasteiger partial charge in [-0.05, 0) is 6.07 Å². The zero-order valence-electron chi connectivity index (χ0n) is 7.70. The van der Waals surface area contributed by atoms with E-state index in [0.29, 0.717) is 6.04 Å². The van der Waals surface area contributed by atoms with Crippen LogP contribution in [0.3, 0.4) is 0 Å². The molecule has 1 aromatic rings. The minimum absolute atomic E-state index is 0. The van der Waals surface area contributed by atoms with E-state index in [1.807, 2.05) is 17.9 Å². The molecule has 0 amide bonds. The molecule has 12 heavy (non-hydrogen) atoms. The first-order valence-electron chi connectivity index (χ1n) is 4.02. The summed E-state index contributed by atoms with van der Waals surface area (Å²) in [6.45, 7) is 1.02. The Morgan fingerprint density at radius 3 is 3.00 bits per heavy atom. The fourth-order valence-corrected chi connectivity index (χ4v) is 1.58. The Morgan fingerprint density at radius 2 is 2.50 bits per heavy atom. The van der Waals surface area contributed by atoms with Crippen molar-refractivity contribution in [2.45, 2.75) is 18.9 Å². The third-order valence-electron chi connectivity index (χ3n) is 2.19. The van der Waals surface area contributed by atoms with Gasteiger partial charge in [0.25, 0.3) is 0 Å². The molecule has 1 unspecified atom stereocenters. The molecular formula is C8H12KN3. The molecule has 0 spiro atoms. The molecule has 1 saturated heterocycles. The molecule has 2 heterocycles. The normalized spacial score (nSPS) is 22.2. The maximum Gasteiger partial charge on any atom is 1.00 e. The number of aryl methyl sites for hydroxylation is 1. The van der Waals surface area contributed by atoms with Gasteiger partial charge in [-0.25, -0.2) is 0 Å². The van der Waals surface area contributed by atoms with Crippen LogP contribution < -0.4 is 51.4 Å². The van der Waals surface area contributed by atoms with Crippen molar-refractivity contribution in [2.24, 2.45) is 7.05 Å². The van der Waals surface area contributed by atoms with E-state index in [1.54, 1.807) is 0 Å². The molecule has 1 aliphatic rings. The summed E-state index contributed by atoms with van der Waals surface area (Å²) in [4.78, 5) is 0. The number of hydrogen-bond donors (Lipinski definition) is 0. The second-order valence-corrected chi connectivity index (χ2v) is 2.94. The molecule has 1 fully saturated rings. The average molecular weight is 189 g/mol. The van der Waals surface area contributed by atoms with E-state index in [4.69, 9.17) is 0 Å². The van der Waals surface area contributed by atoms with Crippen molar-refractivity contribution >= 4 is 0 Å². The summed E-state index contributed by atoms with van der Waals surface area (Å²) in [5.41, 5.74) is 1.25. The summed E-state index contributed by atoms with van der Waals surface area (Å²) in [5, 5.41) is 8.60. The second-order valence-electron chi connectivity index (χ2n) is 2.94. The molecule has 0 radical (unpaired) electrons. The van der Waals surface area contributed by atoms with Gasteiger partial charge in [0.1, 0.15) is 0 Å². The van der Waals surface area contributed by atoms with Gasteiger partial charge in [-0.1, -0.05) is 18.9 Å². The Balaban J connectivity index is 0.000000720. The smallest absolute Gasteiger partial charge is 0.654 e. The van der Waals surface area contributed by atoms with E-state index in [1.165, 1.54) is 18.5 Å². The molecule has 0 bridgehead atoms. The second kappa shape index (κ2) is 4.88. The molecule has 0 aromatic carbocycles. The van der Waals surface area contributed by atoms with Crippen molar-refractivity contribution in [3.05, 3.63) is 23.3 Å². The van der Waals surface area contributed by atoms with Crippen LogP contribution in [0.4, 0.5) is 0 Å². The van der Waals surface area contributed by atoms with Gasteiger partial charge in [-0.2, -0.15) is 5.10 Å². The zero-order valence-corrected chi connectivity index (χ0v) is 10.8. The molecule has 4 heteroatoms. The van der Waals surface area contributed by atoms with Gasteiger partial charge < -0.3 is 5.32 Å². The number of aromatic nitrogens is 2. The number of nitrogens with zero attached hydrogens (tertiary/aromatic N) is 3. The van der Waals surface area contributed by atoms with Crippen molar-refractivity contribution in [1.29, 1.82) is 0 Å². The largest absolute Gasteiger partial charge is 1.00 e. The van der Waals surface area contributed by atoms with Gasteiger partial charge in [-0.15, -0.1) is 6.54 Å². The fraction of sp³-hybridized carbons (Fsp3) is 0.625. The summed E-state index contributed by atoms with van der Waals surface area (Å²) >= 11 is 0. The zero-order chi connectivity index (χ0) is 7.68. The Hall–Kier alpha value is 0.806. The van der Waals surface area contributed by atoms with Gasteiger partial charge in [0.2, 0.25) is 0 Å². The third-order valence-corrected chi connectivity index (χ3v) is 2.19. The molecular weight excluding hydrogens is 177 g/mol. The predicted octanol–water partition coefficient (Wildman–Crippen LogP) is -1.37. The van der Waals surface area contributed by atoms with Crippen molar-refractivity contribution in [3.8, 4) is 0 Å². The first-order chi connectivity index (χ1) is 5.38. The molecule has 3 nitrogen and oxygen atoms in total. The molecule has 0 aliphatic carbocycles. The molecule has 1 aliphatic heterocycles. The first-order valence-corrected chi connectivity index (χ1v) is 4.02. The van der Waals surface area contributed by atoms with E-state index in [2.05, 4.69) is 16.5 Å².